The van der Waals surface area contributed by atoms with Crippen LogP contribution in [0.1, 0.15) is 51.0 Å². The lowest BCUT2D eigenvalue weighted by atomic mass is 10.1. The van der Waals surface area contributed by atoms with Crippen molar-refractivity contribution in [2.45, 2.75) is 58.0 Å². The van der Waals surface area contributed by atoms with E-state index in [1.807, 2.05) is 20.8 Å². The number of ether oxygens (including phenoxy) is 2. The summed E-state index contributed by atoms with van der Waals surface area (Å²) >= 11 is 0. The fraction of sp³-hybridized carbons (Fsp3) is 0.478. The van der Waals surface area contributed by atoms with Crippen molar-refractivity contribution in [1.82, 2.24) is 24.6 Å². The van der Waals surface area contributed by atoms with Crippen LogP contribution in [0.5, 0.6) is 5.75 Å². The molecule has 0 spiro atoms. The Morgan fingerprint density at radius 3 is 2.51 bits per heavy atom. The molecule has 0 saturated carbocycles. The SMILES string of the molecule is CC(C)(C)OC(=O)N1CCC(n2ncc3c(=O)[nH]c(Cc4ccccc4OC(F)(F)F)nc32)CC1. The van der Waals surface area contributed by atoms with Crippen LogP contribution in [-0.4, -0.2) is 55.8 Å². The van der Waals surface area contributed by atoms with E-state index in [0.717, 1.165) is 0 Å². The average Bonchev–Trinajstić information content (AvgIpc) is 3.17. The van der Waals surface area contributed by atoms with Crippen molar-refractivity contribution >= 4 is 17.1 Å². The highest BCUT2D eigenvalue weighted by Crippen LogP contribution is 2.28. The van der Waals surface area contributed by atoms with Gasteiger partial charge in [-0.3, -0.25) is 4.79 Å². The van der Waals surface area contributed by atoms with Gasteiger partial charge in [0.25, 0.3) is 5.56 Å². The molecule has 0 unspecified atom stereocenters. The predicted molar refractivity (Wildman–Crippen MR) is 120 cm³/mol. The lowest BCUT2D eigenvalue weighted by Crippen LogP contribution is -2.42. The van der Waals surface area contributed by atoms with Crippen molar-refractivity contribution < 1.29 is 27.4 Å². The van der Waals surface area contributed by atoms with Gasteiger partial charge in [0, 0.05) is 25.1 Å². The van der Waals surface area contributed by atoms with E-state index in [1.165, 1.54) is 24.4 Å². The summed E-state index contributed by atoms with van der Waals surface area (Å²) in [6, 6.07) is 5.60. The molecule has 4 rings (SSSR count). The minimum absolute atomic E-state index is 0.0697. The lowest BCUT2D eigenvalue weighted by molar-refractivity contribution is -0.274. The van der Waals surface area contributed by atoms with Crippen LogP contribution in [0.25, 0.3) is 11.0 Å². The molecule has 1 saturated heterocycles. The first-order valence-electron chi connectivity index (χ1n) is 11.2. The normalized spacial score (nSPS) is 15.4. The minimum atomic E-state index is -4.84. The number of hydrogen-bond donors (Lipinski definition) is 1. The summed E-state index contributed by atoms with van der Waals surface area (Å²) in [5.41, 5.74) is -0.452. The van der Waals surface area contributed by atoms with E-state index in [-0.39, 0.29) is 41.1 Å². The van der Waals surface area contributed by atoms with Gasteiger partial charge in [-0.25, -0.2) is 14.5 Å². The van der Waals surface area contributed by atoms with Gasteiger partial charge in [0.05, 0.1) is 12.2 Å². The number of para-hydroxylation sites is 1. The second-order valence-electron chi connectivity index (χ2n) is 9.37. The maximum absolute atomic E-state index is 12.8. The molecule has 9 nitrogen and oxygen atoms in total. The number of alkyl halides is 3. The smallest absolute Gasteiger partial charge is 0.444 e. The highest BCUT2D eigenvalue weighted by Gasteiger charge is 2.32. The minimum Gasteiger partial charge on any atom is -0.444 e. The molecule has 1 N–H and O–H groups in total. The third kappa shape index (κ3) is 5.92. The lowest BCUT2D eigenvalue weighted by Gasteiger charge is -2.33. The maximum Gasteiger partial charge on any atom is 0.573 e. The van der Waals surface area contributed by atoms with Gasteiger partial charge < -0.3 is 19.4 Å². The number of halogens is 3. The zero-order chi connectivity index (χ0) is 25.4. The summed E-state index contributed by atoms with van der Waals surface area (Å²) in [5, 5.41) is 4.63. The number of benzene rings is 1. The number of aromatic nitrogens is 4. The molecule has 3 heterocycles. The van der Waals surface area contributed by atoms with E-state index in [0.29, 0.717) is 31.6 Å². The number of rotatable bonds is 4. The van der Waals surface area contributed by atoms with E-state index in [4.69, 9.17) is 4.74 Å². The largest absolute Gasteiger partial charge is 0.573 e. The standard InChI is InChI=1S/C23H26F3N5O4/c1-22(2,3)35-21(33)30-10-8-15(9-11-30)31-19-16(13-27-31)20(32)29-18(28-19)12-14-6-4-5-7-17(14)34-23(24,25)26/h4-7,13,15H,8-12H2,1-3H3,(H,28,29,32). The first-order chi connectivity index (χ1) is 16.4. The summed E-state index contributed by atoms with van der Waals surface area (Å²) in [6.45, 7) is 6.34. The van der Waals surface area contributed by atoms with E-state index in [9.17, 15) is 22.8 Å². The number of nitrogens with zero attached hydrogens (tertiary/aromatic N) is 4. The molecule has 12 heteroatoms. The third-order valence-corrected chi connectivity index (χ3v) is 5.53. The predicted octanol–water partition coefficient (Wildman–Crippen LogP) is 4.18. The molecule has 0 atom stereocenters. The first kappa shape index (κ1) is 24.6. The van der Waals surface area contributed by atoms with Crippen LogP contribution in [0.4, 0.5) is 18.0 Å². The molecule has 1 aliphatic heterocycles. The van der Waals surface area contributed by atoms with Gasteiger partial charge in [0.2, 0.25) is 0 Å². The molecule has 188 valence electrons. The van der Waals surface area contributed by atoms with Crippen molar-refractivity contribution in [2.75, 3.05) is 13.1 Å². The van der Waals surface area contributed by atoms with Crippen LogP contribution < -0.4 is 10.3 Å². The molecular weight excluding hydrogens is 467 g/mol. The molecular formula is C23H26F3N5O4. The third-order valence-electron chi connectivity index (χ3n) is 5.53. The van der Waals surface area contributed by atoms with Crippen molar-refractivity contribution in [2.24, 2.45) is 0 Å². The van der Waals surface area contributed by atoms with E-state index >= 15 is 0 Å². The van der Waals surface area contributed by atoms with Crippen LogP contribution >= 0.6 is 0 Å². The van der Waals surface area contributed by atoms with Crippen LogP contribution in [0, 0.1) is 0 Å². The van der Waals surface area contributed by atoms with Gasteiger partial charge in [-0.15, -0.1) is 13.2 Å². The topological polar surface area (TPSA) is 102 Å². The number of carbonyl (C=O) groups is 1. The summed E-state index contributed by atoms with van der Waals surface area (Å²) in [6.07, 6.45) is -2.69. The highest BCUT2D eigenvalue weighted by molar-refractivity contribution is 5.73. The zero-order valence-electron chi connectivity index (χ0n) is 19.6. The number of nitrogens with one attached hydrogen (secondary N) is 1. The molecule has 35 heavy (non-hydrogen) atoms. The first-order valence-corrected chi connectivity index (χ1v) is 11.2. The van der Waals surface area contributed by atoms with Crippen molar-refractivity contribution in [3.05, 3.63) is 52.2 Å². The highest BCUT2D eigenvalue weighted by atomic mass is 19.4. The molecule has 1 fully saturated rings. The fourth-order valence-corrected chi connectivity index (χ4v) is 4.01. The quantitative estimate of drug-likeness (QED) is 0.585. The zero-order valence-corrected chi connectivity index (χ0v) is 19.6. The average molecular weight is 493 g/mol. The van der Waals surface area contributed by atoms with E-state index in [1.54, 1.807) is 15.6 Å². The summed E-state index contributed by atoms with van der Waals surface area (Å²) < 4.78 is 49.5. The second-order valence-corrected chi connectivity index (χ2v) is 9.37. The molecule has 1 amide bonds. The molecule has 0 bridgehead atoms. The van der Waals surface area contributed by atoms with Gasteiger partial charge in [-0.2, -0.15) is 5.10 Å². The number of amides is 1. The van der Waals surface area contributed by atoms with Crippen LogP contribution in [0.3, 0.4) is 0 Å². The number of aromatic amines is 1. The number of hydrogen-bond acceptors (Lipinski definition) is 6. The second kappa shape index (κ2) is 9.23. The number of carbonyl (C=O) groups excluding carboxylic acids is 1. The van der Waals surface area contributed by atoms with Crippen molar-refractivity contribution in [3.8, 4) is 5.75 Å². The Balaban J connectivity index is 1.55. The molecule has 0 aliphatic carbocycles. The molecule has 1 aliphatic rings. The Hall–Kier alpha value is -3.57. The number of fused-ring (bicyclic) bond motifs is 1. The van der Waals surface area contributed by atoms with Gasteiger partial charge in [0.1, 0.15) is 22.6 Å². The van der Waals surface area contributed by atoms with Crippen molar-refractivity contribution in [3.63, 3.8) is 0 Å². The monoisotopic (exact) mass is 493 g/mol. The molecule has 3 aromatic rings. The van der Waals surface area contributed by atoms with Crippen LogP contribution in [-0.2, 0) is 11.2 Å². The molecule has 0 radical (unpaired) electrons. The Kier molecular flexibility index (Phi) is 6.48. The van der Waals surface area contributed by atoms with Gasteiger partial charge in [-0.05, 0) is 39.7 Å². The number of likely N-dealkylation sites (tertiary alicyclic amines) is 1. The summed E-state index contributed by atoms with van der Waals surface area (Å²) in [4.78, 5) is 33.8. The summed E-state index contributed by atoms with van der Waals surface area (Å²) in [5.74, 6) is -0.167. The van der Waals surface area contributed by atoms with Crippen LogP contribution in [0.2, 0.25) is 0 Å². The van der Waals surface area contributed by atoms with Crippen LogP contribution in [0.15, 0.2) is 35.3 Å². The van der Waals surface area contributed by atoms with E-state index < -0.39 is 17.5 Å². The van der Waals surface area contributed by atoms with Crippen molar-refractivity contribution in [1.29, 1.82) is 0 Å². The maximum atomic E-state index is 12.8. The van der Waals surface area contributed by atoms with E-state index in [2.05, 4.69) is 19.8 Å². The fourth-order valence-electron chi connectivity index (χ4n) is 4.01. The Morgan fingerprint density at radius 2 is 1.86 bits per heavy atom. The Labute approximate surface area is 198 Å². The van der Waals surface area contributed by atoms with Gasteiger partial charge in [0.15, 0.2) is 5.65 Å². The molecule has 1 aromatic carbocycles. The summed E-state index contributed by atoms with van der Waals surface area (Å²) in [7, 11) is 0. The Morgan fingerprint density at radius 1 is 1.17 bits per heavy atom. The molecule has 2 aromatic heterocycles. The number of piperidine rings is 1. The van der Waals surface area contributed by atoms with Gasteiger partial charge in [-0.1, -0.05) is 18.2 Å². The number of H-pyrrole nitrogens is 1. The van der Waals surface area contributed by atoms with Gasteiger partial charge >= 0.3 is 12.5 Å². The Bertz CT molecular complexity index is 1270.